The predicted molar refractivity (Wildman–Crippen MR) is 191 cm³/mol. The summed E-state index contributed by atoms with van der Waals surface area (Å²) in [6, 6.07) is 56.0. The molecule has 0 radical (unpaired) electrons. The van der Waals surface area contributed by atoms with E-state index in [0.29, 0.717) is 0 Å². The van der Waals surface area contributed by atoms with Crippen molar-refractivity contribution < 1.29 is 9.15 Å². The lowest BCUT2D eigenvalue weighted by Crippen LogP contribution is -1.97. The molecule has 8 aromatic carbocycles. The molecule has 0 bridgehead atoms. The molecule has 0 saturated heterocycles. The van der Waals surface area contributed by atoms with E-state index >= 15 is 0 Å². The van der Waals surface area contributed by atoms with Crippen molar-refractivity contribution in [1.82, 2.24) is 0 Å². The molecular weight excluding hydrogens is 560 g/mol. The molecule has 0 fully saturated rings. The second kappa shape index (κ2) is 9.69. The third-order valence-corrected chi connectivity index (χ3v) is 9.49. The smallest absolute Gasteiger partial charge is 0.135 e. The molecule has 46 heavy (non-hydrogen) atoms. The van der Waals surface area contributed by atoms with Crippen molar-refractivity contribution in [2.45, 2.75) is 0 Å². The minimum absolute atomic E-state index is 0.835. The third-order valence-electron chi connectivity index (χ3n) is 9.49. The van der Waals surface area contributed by atoms with Crippen LogP contribution in [-0.2, 0) is 0 Å². The zero-order valence-corrected chi connectivity index (χ0v) is 24.8. The maximum atomic E-state index is 6.44. The van der Waals surface area contributed by atoms with Crippen molar-refractivity contribution >= 4 is 43.1 Å². The molecule has 0 aliphatic carbocycles. The number of hydrogen-bond donors (Lipinski definition) is 0. The zero-order chi connectivity index (χ0) is 30.2. The van der Waals surface area contributed by atoms with Crippen LogP contribution in [0.2, 0.25) is 0 Å². The zero-order valence-electron chi connectivity index (χ0n) is 24.8. The van der Waals surface area contributed by atoms with Crippen LogP contribution in [0.1, 0.15) is 0 Å². The highest BCUT2D eigenvalue weighted by Crippen LogP contribution is 2.47. The number of benzene rings is 8. The number of furan rings is 1. The average Bonchev–Trinajstić information content (AvgIpc) is 3.62. The second-order valence-corrected chi connectivity index (χ2v) is 12.1. The molecule has 0 atom stereocenters. The monoisotopic (exact) mass is 586 g/mol. The van der Waals surface area contributed by atoms with E-state index in [-0.39, 0.29) is 0 Å². The standard InChI is InChI=1S/C44H26O2/c1-2-11-34-32(9-1)33-10-3-4-12-35(33)38-25-30(19-21-36(34)38)27-15-17-28(18-16-27)40-23-24-41(45-40)31-20-22-42-39(26-31)37-13-5-7-29-8-6-14-43(46-42)44(29)37/h1-26H. The predicted octanol–water partition coefficient (Wildman–Crippen LogP) is 12.7. The van der Waals surface area contributed by atoms with E-state index < -0.39 is 0 Å². The largest absolute Gasteiger partial charge is 0.456 e. The van der Waals surface area contributed by atoms with Crippen LogP contribution in [0.3, 0.4) is 0 Å². The van der Waals surface area contributed by atoms with Gasteiger partial charge in [0.15, 0.2) is 0 Å². The maximum absolute atomic E-state index is 6.44. The lowest BCUT2D eigenvalue weighted by atomic mass is 9.92. The molecule has 0 unspecified atom stereocenters. The molecule has 2 heteroatoms. The summed E-state index contributed by atoms with van der Waals surface area (Å²) in [5.41, 5.74) is 6.73. The molecule has 10 rings (SSSR count). The average molecular weight is 587 g/mol. The molecule has 0 spiro atoms. The summed E-state index contributed by atoms with van der Waals surface area (Å²) in [5.74, 6) is 3.45. The number of ether oxygens (including phenoxy) is 1. The molecule has 0 saturated carbocycles. The first-order valence-corrected chi connectivity index (χ1v) is 15.7. The Bertz CT molecular complexity index is 2620. The van der Waals surface area contributed by atoms with Crippen LogP contribution in [0.4, 0.5) is 0 Å². The van der Waals surface area contributed by atoms with Crippen molar-refractivity contribution in [1.29, 1.82) is 0 Å². The fourth-order valence-electron chi connectivity index (χ4n) is 7.28. The van der Waals surface area contributed by atoms with Crippen LogP contribution in [0, 0.1) is 0 Å². The lowest BCUT2D eigenvalue weighted by molar-refractivity contribution is 0.487. The molecule has 2 heterocycles. The van der Waals surface area contributed by atoms with Crippen LogP contribution in [0.25, 0.3) is 88.0 Å². The second-order valence-electron chi connectivity index (χ2n) is 12.1. The highest BCUT2D eigenvalue weighted by atomic mass is 16.5. The van der Waals surface area contributed by atoms with E-state index in [9.17, 15) is 0 Å². The van der Waals surface area contributed by atoms with Gasteiger partial charge in [0.1, 0.15) is 23.0 Å². The minimum Gasteiger partial charge on any atom is -0.456 e. The van der Waals surface area contributed by atoms with Crippen molar-refractivity contribution in [3.05, 3.63) is 158 Å². The van der Waals surface area contributed by atoms with E-state index in [2.05, 4.69) is 140 Å². The molecule has 0 N–H and O–H groups in total. The van der Waals surface area contributed by atoms with Crippen LogP contribution in [-0.4, -0.2) is 0 Å². The molecule has 1 aliphatic rings. The Kier molecular flexibility index (Phi) is 5.31. The van der Waals surface area contributed by atoms with Gasteiger partial charge in [-0.05, 0) is 96.9 Å². The highest BCUT2D eigenvalue weighted by molar-refractivity contribution is 6.25. The van der Waals surface area contributed by atoms with Gasteiger partial charge in [-0.2, -0.15) is 0 Å². The molecular formula is C44H26O2. The summed E-state index contributed by atoms with van der Waals surface area (Å²) in [5, 5.41) is 10.1. The molecule has 1 aliphatic heterocycles. The molecule has 0 amide bonds. The Balaban J connectivity index is 0.995. The summed E-state index contributed by atoms with van der Waals surface area (Å²) >= 11 is 0. The van der Waals surface area contributed by atoms with Crippen molar-refractivity contribution in [2.24, 2.45) is 0 Å². The van der Waals surface area contributed by atoms with Gasteiger partial charge in [0.2, 0.25) is 0 Å². The van der Waals surface area contributed by atoms with Gasteiger partial charge in [-0.3, -0.25) is 0 Å². The Morgan fingerprint density at radius 3 is 1.65 bits per heavy atom. The first kappa shape index (κ1) is 25.2. The first-order valence-electron chi connectivity index (χ1n) is 15.7. The van der Waals surface area contributed by atoms with E-state index in [0.717, 1.165) is 45.1 Å². The van der Waals surface area contributed by atoms with Gasteiger partial charge < -0.3 is 9.15 Å². The van der Waals surface area contributed by atoms with E-state index in [1.807, 2.05) is 18.2 Å². The highest BCUT2D eigenvalue weighted by Gasteiger charge is 2.21. The summed E-state index contributed by atoms with van der Waals surface area (Å²) in [6.07, 6.45) is 0. The van der Waals surface area contributed by atoms with Gasteiger partial charge in [-0.25, -0.2) is 0 Å². The fourth-order valence-corrected chi connectivity index (χ4v) is 7.28. The number of hydrogen-bond acceptors (Lipinski definition) is 2. The minimum atomic E-state index is 0.835. The summed E-state index contributed by atoms with van der Waals surface area (Å²) < 4.78 is 12.7. The Labute approximate surface area is 265 Å². The SMILES string of the molecule is c1cc2c3c(cccc3c1)-c1cc(-c3ccc(-c4ccc(-c5ccc6c7ccccc7c7ccccc7c6c5)cc4)o3)ccc1O2. The molecule has 1 aromatic heterocycles. The Morgan fingerprint density at radius 1 is 0.326 bits per heavy atom. The van der Waals surface area contributed by atoms with Crippen LogP contribution < -0.4 is 4.74 Å². The van der Waals surface area contributed by atoms with Gasteiger partial charge in [0.05, 0.1) is 0 Å². The van der Waals surface area contributed by atoms with Crippen LogP contribution in [0.15, 0.2) is 162 Å². The van der Waals surface area contributed by atoms with Crippen molar-refractivity contribution in [3.8, 4) is 56.4 Å². The van der Waals surface area contributed by atoms with Crippen LogP contribution in [0.5, 0.6) is 11.5 Å². The first-order chi connectivity index (χ1) is 22.8. The van der Waals surface area contributed by atoms with E-state index in [1.54, 1.807) is 0 Å². The molecule has 2 nitrogen and oxygen atoms in total. The van der Waals surface area contributed by atoms with Gasteiger partial charge in [0, 0.05) is 22.1 Å². The molecule has 9 aromatic rings. The Hall–Kier alpha value is -6.12. The summed E-state index contributed by atoms with van der Waals surface area (Å²) in [6.45, 7) is 0. The number of fused-ring (bicyclic) bond motifs is 8. The fraction of sp³-hybridized carbons (Fsp3) is 0. The lowest BCUT2D eigenvalue weighted by Gasteiger charge is -2.21. The quantitative estimate of drug-likeness (QED) is 0.192. The van der Waals surface area contributed by atoms with Crippen molar-refractivity contribution in [2.75, 3.05) is 0 Å². The van der Waals surface area contributed by atoms with Gasteiger partial charge in [-0.15, -0.1) is 0 Å². The Morgan fingerprint density at radius 2 is 0.913 bits per heavy atom. The van der Waals surface area contributed by atoms with E-state index in [1.165, 1.54) is 54.4 Å². The maximum Gasteiger partial charge on any atom is 0.135 e. The van der Waals surface area contributed by atoms with Crippen LogP contribution >= 0.6 is 0 Å². The molecule has 214 valence electrons. The summed E-state index contributed by atoms with van der Waals surface area (Å²) in [7, 11) is 0. The van der Waals surface area contributed by atoms with Gasteiger partial charge in [-0.1, -0.05) is 115 Å². The third kappa shape index (κ3) is 3.77. The van der Waals surface area contributed by atoms with Crippen molar-refractivity contribution in [3.63, 3.8) is 0 Å². The van der Waals surface area contributed by atoms with Gasteiger partial charge >= 0.3 is 0 Å². The normalized spacial score (nSPS) is 12.1. The van der Waals surface area contributed by atoms with E-state index in [4.69, 9.17) is 9.15 Å². The summed E-state index contributed by atoms with van der Waals surface area (Å²) in [4.78, 5) is 0. The number of rotatable bonds is 3. The van der Waals surface area contributed by atoms with Gasteiger partial charge in [0.25, 0.3) is 0 Å². The topological polar surface area (TPSA) is 22.4 Å².